The van der Waals surface area contributed by atoms with Crippen molar-refractivity contribution in [2.45, 2.75) is 38.6 Å². The second kappa shape index (κ2) is 8.40. The molecule has 1 saturated heterocycles. The molecule has 1 aromatic carbocycles. The molecule has 0 saturated carbocycles. The van der Waals surface area contributed by atoms with Crippen molar-refractivity contribution in [1.82, 2.24) is 10.2 Å². The van der Waals surface area contributed by atoms with Crippen LogP contribution < -0.4 is 10.1 Å². The molecule has 0 aliphatic carbocycles. The minimum Gasteiger partial charge on any atom is -0.496 e. The summed E-state index contributed by atoms with van der Waals surface area (Å²) in [6.07, 6.45) is 5.06. The summed E-state index contributed by atoms with van der Waals surface area (Å²) in [5, 5.41) is 3.44. The molecule has 1 aromatic rings. The zero-order valence-corrected chi connectivity index (χ0v) is 13.8. The van der Waals surface area contributed by atoms with E-state index in [-0.39, 0.29) is 0 Å². The molecule has 1 aliphatic heterocycles. The van der Waals surface area contributed by atoms with Gasteiger partial charge in [-0.25, -0.2) is 0 Å². The summed E-state index contributed by atoms with van der Waals surface area (Å²) >= 11 is 0. The summed E-state index contributed by atoms with van der Waals surface area (Å²) in [6, 6.07) is 8.91. The molecular formula is C18H30N2O. The molecule has 2 rings (SSSR count). The summed E-state index contributed by atoms with van der Waals surface area (Å²) < 4.78 is 5.46. The van der Waals surface area contributed by atoms with Gasteiger partial charge in [0.15, 0.2) is 0 Å². The van der Waals surface area contributed by atoms with E-state index in [1.54, 1.807) is 7.11 Å². The maximum absolute atomic E-state index is 5.46. The zero-order chi connectivity index (χ0) is 15.1. The van der Waals surface area contributed by atoms with Crippen LogP contribution in [0, 0.1) is 5.92 Å². The number of nitrogens with zero attached hydrogens (tertiary/aromatic N) is 1. The summed E-state index contributed by atoms with van der Waals surface area (Å²) in [5.41, 5.74) is 1.31. The van der Waals surface area contributed by atoms with E-state index in [1.165, 1.54) is 44.5 Å². The number of hydrogen-bond donors (Lipinski definition) is 1. The van der Waals surface area contributed by atoms with Crippen LogP contribution in [0.3, 0.4) is 0 Å². The SMILES string of the molecule is COc1ccccc1CC(C)N(C)CCC1CCNCC1. The summed E-state index contributed by atoms with van der Waals surface area (Å²) in [4.78, 5) is 2.49. The van der Waals surface area contributed by atoms with Gasteiger partial charge in [-0.05, 0) is 76.8 Å². The molecular weight excluding hydrogens is 260 g/mol. The number of benzene rings is 1. The van der Waals surface area contributed by atoms with E-state index in [4.69, 9.17) is 4.74 Å². The first-order valence-electron chi connectivity index (χ1n) is 8.23. The first kappa shape index (κ1) is 16.3. The van der Waals surface area contributed by atoms with E-state index < -0.39 is 0 Å². The van der Waals surface area contributed by atoms with Crippen LogP contribution in [0.2, 0.25) is 0 Å². The average molecular weight is 290 g/mol. The molecule has 0 amide bonds. The zero-order valence-electron chi connectivity index (χ0n) is 13.8. The number of nitrogens with one attached hydrogen (secondary N) is 1. The third-order valence-corrected chi connectivity index (χ3v) is 4.81. The Labute approximate surface area is 129 Å². The van der Waals surface area contributed by atoms with E-state index in [9.17, 15) is 0 Å². The van der Waals surface area contributed by atoms with Gasteiger partial charge in [0.2, 0.25) is 0 Å². The highest BCUT2D eigenvalue weighted by atomic mass is 16.5. The average Bonchev–Trinajstić information content (AvgIpc) is 2.54. The molecule has 21 heavy (non-hydrogen) atoms. The maximum Gasteiger partial charge on any atom is 0.122 e. The lowest BCUT2D eigenvalue weighted by Crippen LogP contribution is -2.34. The molecule has 0 aromatic heterocycles. The minimum absolute atomic E-state index is 0.544. The molecule has 1 atom stereocenters. The molecule has 3 heteroatoms. The Morgan fingerprint density at radius 2 is 2.00 bits per heavy atom. The van der Waals surface area contributed by atoms with Gasteiger partial charge >= 0.3 is 0 Å². The van der Waals surface area contributed by atoms with Crippen molar-refractivity contribution in [3.8, 4) is 5.75 Å². The predicted octanol–water partition coefficient (Wildman–Crippen LogP) is 2.95. The number of ether oxygens (including phenoxy) is 1. The molecule has 1 fully saturated rings. The lowest BCUT2D eigenvalue weighted by Gasteiger charge is -2.29. The van der Waals surface area contributed by atoms with Crippen LogP contribution in [0.4, 0.5) is 0 Å². The van der Waals surface area contributed by atoms with E-state index in [1.807, 2.05) is 6.07 Å². The fourth-order valence-electron chi connectivity index (χ4n) is 3.12. The molecule has 1 aliphatic rings. The third-order valence-electron chi connectivity index (χ3n) is 4.81. The summed E-state index contributed by atoms with van der Waals surface area (Å²) in [5.74, 6) is 1.92. The van der Waals surface area contributed by atoms with E-state index in [2.05, 4.69) is 42.4 Å². The van der Waals surface area contributed by atoms with Crippen LogP contribution in [0.15, 0.2) is 24.3 Å². The Kier molecular flexibility index (Phi) is 6.52. The van der Waals surface area contributed by atoms with Gasteiger partial charge in [-0.2, -0.15) is 0 Å². The van der Waals surface area contributed by atoms with Crippen LogP contribution in [-0.4, -0.2) is 44.7 Å². The standard InChI is InChI=1S/C18H30N2O/c1-15(14-17-6-4-5-7-18(17)21-3)20(2)13-10-16-8-11-19-12-9-16/h4-7,15-16,19H,8-14H2,1-3H3. The molecule has 1 unspecified atom stereocenters. The van der Waals surface area contributed by atoms with Crippen molar-refractivity contribution >= 4 is 0 Å². The molecule has 1 N–H and O–H groups in total. The fraction of sp³-hybridized carbons (Fsp3) is 0.667. The molecule has 118 valence electrons. The number of likely N-dealkylation sites (N-methyl/N-ethyl adjacent to an activating group) is 1. The highest BCUT2D eigenvalue weighted by molar-refractivity contribution is 5.33. The highest BCUT2D eigenvalue weighted by Crippen LogP contribution is 2.21. The highest BCUT2D eigenvalue weighted by Gasteiger charge is 2.16. The van der Waals surface area contributed by atoms with Gasteiger partial charge in [0.1, 0.15) is 5.75 Å². The number of piperidine rings is 1. The first-order valence-corrected chi connectivity index (χ1v) is 8.23. The van der Waals surface area contributed by atoms with Gasteiger partial charge in [-0.15, -0.1) is 0 Å². The van der Waals surface area contributed by atoms with Gasteiger partial charge in [0, 0.05) is 6.04 Å². The Bertz CT molecular complexity index is 415. The molecule has 0 bridgehead atoms. The number of rotatable bonds is 7. The van der Waals surface area contributed by atoms with Gasteiger partial charge in [-0.1, -0.05) is 18.2 Å². The fourth-order valence-corrected chi connectivity index (χ4v) is 3.12. The molecule has 0 spiro atoms. The predicted molar refractivity (Wildman–Crippen MR) is 89.0 cm³/mol. The number of methoxy groups -OCH3 is 1. The second-order valence-electron chi connectivity index (χ2n) is 6.33. The van der Waals surface area contributed by atoms with E-state index in [0.717, 1.165) is 18.1 Å². The van der Waals surface area contributed by atoms with Crippen molar-refractivity contribution in [2.24, 2.45) is 5.92 Å². The summed E-state index contributed by atoms with van der Waals surface area (Å²) in [7, 11) is 4.01. The molecule has 0 radical (unpaired) electrons. The van der Waals surface area contributed by atoms with Crippen LogP contribution in [0.1, 0.15) is 31.7 Å². The lowest BCUT2D eigenvalue weighted by molar-refractivity contribution is 0.222. The molecule has 1 heterocycles. The van der Waals surface area contributed by atoms with Crippen LogP contribution in [0.25, 0.3) is 0 Å². The smallest absolute Gasteiger partial charge is 0.122 e. The van der Waals surface area contributed by atoms with Crippen molar-refractivity contribution in [3.05, 3.63) is 29.8 Å². The Balaban J connectivity index is 1.80. The van der Waals surface area contributed by atoms with Crippen LogP contribution >= 0.6 is 0 Å². The van der Waals surface area contributed by atoms with Gasteiger partial charge in [0.25, 0.3) is 0 Å². The van der Waals surface area contributed by atoms with Crippen molar-refractivity contribution < 1.29 is 4.74 Å². The van der Waals surface area contributed by atoms with Gasteiger partial charge < -0.3 is 15.0 Å². The molecule has 3 nitrogen and oxygen atoms in total. The summed E-state index contributed by atoms with van der Waals surface area (Å²) in [6.45, 7) is 5.91. The minimum atomic E-state index is 0.544. The van der Waals surface area contributed by atoms with E-state index >= 15 is 0 Å². The van der Waals surface area contributed by atoms with Crippen molar-refractivity contribution in [2.75, 3.05) is 33.8 Å². The Morgan fingerprint density at radius 1 is 1.29 bits per heavy atom. The van der Waals surface area contributed by atoms with Gasteiger partial charge in [0.05, 0.1) is 7.11 Å². The number of hydrogen-bond acceptors (Lipinski definition) is 3. The monoisotopic (exact) mass is 290 g/mol. The first-order chi connectivity index (χ1) is 10.2. The normalized spacial score (nSPS) is 17.9. The van der Waals surface area contributed by atoms with Crippen molar-refractivity contribution in [3.63, 3.8) is 0 Å². The van der Waals surface area contributed by atoms with Gasteiger partial charge in [-0.3, -0.25) is 0 Å². The second-order valence-corrected chi connectivity index (χ2v) is 6.33. The Morgan fingerprint density at radius 3 is 2.71 bits per heavy atom. The van der Waals surface area contributed by atoms with Crippen molar-refractivity contribution in [1.29, 1.82) is 0 Å². The number of para-hydroxylation sites is 1. The van der Waals surface area contributed by atoms with E-state index in [0.29, 0.717) is 6.04 Å². The quantitative estimate of drug-likeness (QED) is 0.835. The maximum atomic E-state index is 5.46. The van der Waals surface area contributed by atoms with Crippen LogP contribution in [0.5, 0.6) is 5.75 Å². The Hall–Kier alpha value is -1.06. The topological polar surface area (TPSA) is 24.5 Å². The lowest BCUT2D eigenvalue weighted by atomic mass is 9.94. The third kappa shape index (κ3) is 5.01. The largest absolute Gasteiger partial charge is 0.496 e. The van der Waals surface area contributed by atoms with Crippen LogP contribution in [-0.2, 0) is 6.42 Å².